The fourth-order valence-corrected chi connectivity index (χ4v) is 3.27. The van der Waals surface area contributed by atoms with Gasteiger partial charge in [-0.05, 0) is 60.7 Å². The van der Waals surface area contributed by atoms with Crippen LogP contribution in [0.1, 0.15) is 0 Å². The number of H-pyrrole nitrogens is 1. The number of nitrogens with zero attached hydrogens (tertiary/aromatic N) is 3. The topological polar surface area (TPSA) is 86.0 Å². The number of halogens is 1. The number of nitro groups is 1. The third kappa shape index (κ3) is 4.10. The van der Waals surface area contributed by atoms with Gasteiger partial charge in [0.05, 0.1) is 10.6 Å². The monoisotopic (exact) mass is 468 g/mol. The molecule has 7 nitrogen and oxygen atoms in total. The van der Waals surface area contributed by atoms with Crippen LogP contribution in [0.25, 0.3) is 17.1 Å². The lowest BCUT2D eigenvalue weighted by molar-refractivity contribution is -0.384. The Labute approximate surface area is 178 Å². The number of hydrogen-bond acceptors (Lipinski definition) is 5. The molecule has 3 aromatic carbocycles. The lowest BCUT2D eigenvalue weighted by atomic mass is 10.2. The molecule has 1 aromatic heterocycles. The molecule has 0 radical (unpaired) electrons. The van der Waals surface area contributed by atoms with E-state index in [0.717, 1.165) is 15.7 Å². The summed E-state index contributed by atoms with van der Waals surface area (Å²) in [5.41, 5.74) is 1.77. The number of hydrogen-bond donors (Lipinski definition) is 1. The zero-order valence-electron chi connectivity index (χ0n) is 14.8. The quantitative estimate of drug-likeness (QED) is 0.218. The van der Waals surface area contributed by atoms with Crippen molar-refractivity contribution in [2.24, 2.45) is 0 Å². The van der Waals surface area contributed by atoms with E-state index in [4.69, 9.17) is 17.0 Å². The van der Waals surface area contributed by atoms with Crippen molar-refractivity contribution < 1.29 is 9.66 Å². The molecule has 1 N–H and O–H groups in total. The van der Waals surface area contributed by atoms with Crippen molar-refractivity contribution in [3.05, 3.63) is 92.2 Å². The molecule has 0 saturated heterocycles. The summed E-state index contributed by atoms with van der Waals surface area (Å²) in [6, 6.07) is 21.1. The molecule has 0 aliphatic heterocycles. The first kappa shape index (κ1) is 19.0. The summed E-state index contributed by atoms with van der Waals surface area (Å²) < 4.78 is 9.06. The van der Waals surface area contributed by atoms with E-state index in [1.54, 1.807) is 24.3 Å². The van der Waals surface area contributed by atoms with Gasteiger partial charge in [0.1, 0.15) is 11.5 Å². The molecule has 29 heavy (non-hydrogen) atoms. The molecule has 0 spiro atoms. The fraction of sp³-hybridized carbons (Fsp3) is 0. The molecule has 0 unspecified atom stereocenters. The van der Waals surface area contributed by atoms with Crippen molar-refractivity contribution in [1.82, 2.24) is 14.8 Å². The minimum absolute atomic E-state index is 0.0162. The molecule has 0 amide bonds. The summed E-state index contributed by atoms with van der Waals surface area (Å²) in [6.45, 7) is 0. The second-order valence-electron chi connectivity index (χ2n) is 6.04. The van der Waals surface area contributed by atoms with Gasteiger partial charge in [0.15, 0.2) is 10.6 Å². The normalized spacial score (nSPS) is 10.7. The van der Waals surface area contributed by atoms with Crippen LogP contribution in [0.2, 0.25) is 0 Å². The van der Waals surface area contributed by atoms with Crippen LogP contribution >= 0.6 is 28.1 Å². The van der Waals surface area contributed by atoms with Crippen LogP contribution in [0.15, 0.2) is 77.3 Å². The highest BCUT2D eigenvalue weighted by Gasteiger charge is 2.11. The van der Waals surface area contributed by atoms with Crippen molar-refractivity contribution in [1.29, 1.82) is 0 Å². The first-order valence-electron chi connectivity index (χ1n) is 8.47. The molecule has 144 valence electrons. The van der Waals surface area contributed by atoms with Crippen LogP contribution in [-0.2, 0) is 0 Å². The molecule has 0 aliphatic carbocycles. The van der Waals surface area contributed by atoms with Crippen molar-refractivity contribution in [3.8, 4) is 28.6 Å². The van der Waals surface area contributed by atoms with Gasteiger partial charge in [-0.1, -0.05) is 28.1 Å². The average Bonchev–Trinajstić information content (AvgIpc) is 3.11. The molecule has 0 saturated carbocycles. The second-order valence-corrected chi connectivity index (χ2v) is 7.34. The smallest absolute Gasteiger partial charge is 0.269 e. The number of non-ortho nitro benzene ring substituents is 1. The van der Waals surface area contributed by atoms with Crippen molar-refractivity contribution >= 4 is 33.8 Å². The van der Waals surface area contributed by atoms with E-state index in [9.17, 15) is 10.1 Å². The molecular weight excluding hydrogens is 456 g/mol. The molecule has 0 aliphatic rings. The summed E-state index contributed by atoms with van der Waals surface area (Å²) in [6.07, 6.45) is 0. The highest BCUT2D eigenvalue weighted by atomic mass is 79.9. The van der Waals surface area contributed by atoms with Crippen molar-refractivity contribution in [2.75, 3.05) is 0 Å². The Kier molecular flexibility index (Phi) is 5.24. The molecule has 0 bridgehead atoms. The zero-order chi connectivity index (χ0) is 20.4. The minimum atomic E-state index is -0.448. The Morgan fingerprint density at radius 3 is 2.14 bits per heavy atom. The van der Waals surface area contributed by atoms with E-state index in [0.29, 0.717) is 22.1 Å². The van der Waals surface area contributed by atoms with E-state index in [1.807, 2.05) is 41.0 Å². The highest BCUT2D eigenvalue weighted by molar-refractivity contribution is 9.10. The molecular formula is C20H13BrN4O3S. The van der Waals surface area contributed by atoms with Crippen LogP contribution in [-0.4, -0.2) is 19.7 Å². The van der Waals surface area contributed by atoms with E-state index in [1.165, 1.54) is 12.1 Å². The summed E-state index contributed by atoms with van der Waals surface area (Å²) in [7, 11) is 0. The number of ether oxygens (including phenoxy) is 1. The number of aromatic amines is 1. The van der Waals surface area contributed by atoms with Crippen molar-refractivity contribution in [2.45, 2.75) is 0 Å². The molecule has 0 fully saturated rings. The number of rotatable bonds is 5. The summed E-state index contributed by atoms with van der Waals surface area (Å²) in [4.78, 5) is 10.3. The number of nitrogens with one attached hydrogen (secondary N) is 1. The van der Waals surface area contributed by atoms with Gasteiger partial charge in [0.2, 0.25) is 0 Å². The van der Waals surface area contributed by atoms with Gasteiger partial charge in [0, 0.05) is 22.2 Å². The predicted octanol–water partition coefficient (Wildman–Crippen LogP) is 6.06. The largest absolute Gasteiger partial charge is 0.457 e. The van der Waals surface area contributed by atoms with Gasteiger partial charge < -0.3 is 4.74 Å². The Morgan fingerprint density at radius 2 is 1.55 bits per heavy atom. The summed E-state index contributed by atoms with van der Waals surface area (Å²) in [5.74, 6) is 1.81. The van der Waals surface area contributed by atoms with Gasteiger partial charge in [-0.25, -0.2) is 0 Å². The second kappa shape index (κ2) is 7.98. The van der Waals surface area contributed by atoms with Crippen LogP contribution in [0.3, 0.4) is 0 Å². The van der Waals surface area contributed by atoms with E-state index in [2.05, 4.69) is 26.1 Å². The zero-order valence-corrected chi connectivity index (χ0v) is 17.2. The Hall–Kier alpha value is -3.30. The fourth-order valence-electron chi connectivity index (χ4n) is 2.76. The Balaban J connectivity index is 1.60. The third-order valence-corrected chi connectivity index (χ3v) is 4.96. The average molecular weight is 469 g/mol. The van der Waals surface area contributed by atoms with E-state index in [-0.39, 0.29) is 5.69 Å². The first-order valence-corrected chi connectivity index (χ1v) is 9.67. The lowest BCUT2D eigenvalue weighted by Crippen LogP contribution is -1.97. The highest BCUT2D eigenvalue weighted by Crippen LogP contribution is 2.27. The molecule has 9 heteroatoms. The van der Waals surface area contributed by atoms with Gasteiger partial charge in [0.25, 0.3) is 5.69 Å². The van der Waals surface area contributed by atoms with Crippen molar-refractivity contribution in [3.63, 3.8) is 0 Å². The molecule has 4 aromatic rings. The lowest BCUT2D eigenvalue weighted by Gasteiger charge is -2.09. The maximum atomic E-state index is 10.7. The number of nitro benzene ring substituents is 1. The Bertz CT molecular complexity index is 1220. The number of benzene rings is 3. The maximum absolute atomic E-state index is 10.7. The first-order chi connectivity index (χ1) is 14.0. The van der Waals surface area contributed by atoms with Crippen LogP contribution in [0.4, 0.5) is 5.69 Å². The van der Waals surface area contributed by atoms with Gasteiger partial charge in [-0.15, -0.1) is 0 Å². The van der Waals surface area contributed by atoms with Crippen LogP contribution in [0.5, 0.6) is 11.5 Å². The predicted molar refractivity (Wildman–Crippen MR) is 115 cm³/mol. The van der Waals surface area contributed by atoms with Gasteiger partial charge >= 0.3 is 0 Å². The van der Waals surface area contributed by atoms with Gasteiger partial charge in [-0.2, -0.15) is 5.10 Å². The molecule has 0 atom stereocenters. The maximum Gasteiger partial charge on any atom is 0.269 e. The van der Waals surface area contributed by atoms with E-state index < -0.39 is 4.92 Å². The SMILES string of the molecule is O=[N+]([O-])c1ccc(Oc2ccc(-n3c(-c4ccc(Br)cc4)n[nH]c3=S)cc2)cc1. The van der Waals surface area contributed by atoms with Crippen LogP contribution < -0.4 is 4.74 Å². The third-order valence-electron chi connectivity index (χ3n) is 4.15. The summed E-state index contributed by atoms with van der Waals surface area (Å²) >= 11 is 8.83. The molecule has 1 heterocycles. The number of aromatic nitrogens is 3. The van der Waals surface area contributed by atoms with Crippen LogP contribution in [0, 0.1) is 14.9 Å². The van der Waals surface area contributed by atoms with E-state index >= 15 is 0 Å². The Morgan fingerprint density at radius 1 is 0.966 bits per heavy atom. The standard InChI is InChI=1S/C20H13BrN4O3S/c21-14-3-1-13(2-4-14)19-22-23-20(29)24(19)15-5-9-17(10-6-15)28-18-11-7-16(8-12-18)25(26)27/h1-12H,(H,23,29). The summed E-state index contributed by atoms with van der Waals surface area (Å²) in [5, 5.41) is 17.9. The van der Waals surface area contributed by atoms with Gasteiger partial charge in [-0.3, -0.25) is 19.8 Å². The molecule has 4 rings (SSSR count). The minimum Gasteiger partial charge on any atom is -0.457 e.